The van der Waals surface area contributed by atoms with Gasteiger partial charge < -0.3 is 24.8 Å². The first-order valence-electron chi connectivity index (χ1n) is 10.9. The highest BCUT2D eigenvalue weighted by atomic mass is 16.4. The number of nitrogens with zero attached hydrogens (tertiary/aromatic N) is 2. The molecule has 186 valence electrons. The van der Waals surface area contributed by atoms with Crippen LogP contribution in [-0.2, 0) is 4.79 Å². The van der Waals surface area contributed by atoms with E-state index in [-0.39, 0.29) is 11.1 Å². The van der Waals surface area contributed by atoms with Gasteiger partial charge in [-0.1, -0.05) is 54.6 Å². The van der Waals surface area contributed by atoms with Crippen LogP contribution < -0.4 is 4.90 Å². The van der Waals surface area contributed by atoms with E-state index in [1.807, 2.05) is 42.5 Å². The fraction of sp³-hybridized carbons (Fsp3) is 0.0370. The van der Waals surface area contributed by atoms with Gasteiger partial charge in [0.25, 0.3) is 0 Å². The van der Waals surface area contributed by atoms with Crippen LogP contribution in [0.3, 0.4) is 0 Å². The SMILES string of the molecule is O=C(O)CN(C(=O)O)c1ccccc1.O=C(O)c1c(C(=O)O)c2c(-c3ccccc3)cc3cccc1n32. The molecule has 5 aromatic rings. The van der Waals surface area contributed by atoms with E-state index in [0.29, 0.717) is 22.3 Å². The first-order chi connectivity index (χ1) is 17.7. The van der Waals surface area contributed by atoms with Crippen LogP contribution in [0.15, 0.2) is 84.9 Å². The van der Waals surface area contributed by atoms with Gasteiger partial charge in [0.05, 0.1) is 11.0 Å². The number of carboxylic acids is 3. The molecule has 2 aromatic carbocycles. The van der Waals surface area contributed by atoms with Crippen LogP contribution >= 0.6 is 0 Å². The number of aromatic carboxylic acids is 2. The largest absolute Gasteiger partial charge is 0.480 e. The van der Waals surface area contributed by atoms with Crippen molar-refractivity contribution in [2.24, 2.45) is 0 Å². The molecule has 0 unspecified atom stereocenters. The predicted octanol–water partition coefficient (Wildman–Crippen LogP) is 4.85. The minimum Gasteiger partial charge on any atom is -0.480 e. The van der Waals surface area contributed by atoms with E-state index < -0.39 is 30.5 Å². The molecule has 0 aliphatic heterocycles. The van der Waals surface area contributed by atoms with Crippen LogP contribution in [-0.4, -0.2) is 55.4 Å². The van der Waals surface area contributed by atoms with E-state index >= 15 is 0 Å². The van der Waals surface area contributed by atoms with Crippen molar-refractivity contribution >= 4 is 46.2 Å². The van der Waals surface area contributed by atoms with E-state index in [2.05, 4.69) is 0 Å². The van der Waals surface area contributed by atoms with Crippen molar-refractivity contribution in [2.45, 2.75) is 0 Å². The Balaban J connectivity index is 0.000000197. The summed E-state index contributed by atoms with van der Waals surface area (Å²) in [5.41, 5.74) is 3.16. The van der Waals surface area contributed by atoms with Crippen LogP contribution in [0.25, 0.3) is 27.7 Å². The van der Waals surface area contributed by atoms with Crippen LogP contribution in [0.4, 0.5) is 10.5 Å². The van der Waals surface area contributed by atoms with Crippen molar-refractivity contribution in [1.82, 2.24) is 4.40 Å². The molecule has 1 amide bonds. The monoisotopic (exact) mass is 500 g/mol. The number of aliphatic carboxylic acids is 1. The first kappa shape index (κ1) is 24.7. The summed E-state index contributed by atoms with van der Waals surface area (Å²) in [6.07, 6.45) is -1.28. The highest BCUT2D eigenvalue weighted by Gasteiger charge is 2.29. The van der Waals surface area contributed by atoms with E-state index in [1.54, 1.807) is 34.7 Å². The van der Waals surface area contributed by atoms with Crippen LogP contribution in [0.5, 0.6) is 0 Å². The number of para-hydroxylation sites is 1. The lowest BCUT2D eigenvalue weighted by molar-refractivity contribution is -0.135. The molecule has 0 atom stereocenters. The maximum atomic E-state index is 11.8. The normalized spacial score (nSPS) is 10.6. The molecule has 0 saturated carbocycles. The molecule has 0 spiro atoms. The number of rotatable bonds is 6. The molecule has 3 heterocycles. The average molecular weight is 500 g/mol. The fourth-order valence-corrected chi connectivity index (χ4v) is 4.19. The summed E-state index contributed by atoms with van der Waals surface area (Å²) in [5.74, 6) is -3.66. The molecule has 10 heteroatoms. The summed E-state index contributed by atoms with van der Waals surface area (Å²) < 4.78 is 1.70. The number of pyridine rings is 1. The number of amides is 1. The highest BCUT2D eigenvalue weighted by Crippen LogP contribution is 2.37. The summed E-state index contributed by atoms with van der Waals surface area (Å²) in [5, 5.41) is 36.3. The van der Waals surface area contributed by atoms with E-state index in [1.165, 1.54) is 12.1 Å². The third kappa shape index (κ3) is 4.76. The Hall–Kier alpha value is -5.38. The number of hydrogen-bond acceptors (Lipinski definition) is 4. The molecule has 0 fully saturated rings. The van der Waals surface area contributed by atoms with Gasteiger partial charge in [-0.25, -0.2) is 14.4 Å². The number of hydrogen-bond donors (Lipinski definition) is 4. The van der Waals surface area contributed by atoms with Gasteiger partial charge in [0.15, 0.2) is 0 Å². The fourth-order valence-electron chi connectivity index (χ4n) is 4.19. The second-order valence-electron chi connectivity index (χ2n) is 7.90. The number of carboxylic acid groups (broad SMARTS) is 4. The Kier molecular flexibility index (Phi) is 6.74. The minimum absolute atomic E-state index is 0.169. The molecule has 5 rings (SSSR count). The van der Waals surface area contributed by atoms with Gasteiger partial charge in [-0.2, -0.15) is 0 Å². The van der Waals surface area contributed by atoms with E-state index in [9.17, 15) is 29.4 Å². The Morgan fingerprint density at radius 1 is 0.703 bits per heavy atom. The summed E-state index contributed by atoms with van der Waals surface area (Å²) in [6.45, 7) is -0.556. The topological polar surface area (TPSA) is 157 Å². The summed E-state index contributed by atoms with van der Waals surface area (Å²) in [6, 6.07) is 24.5. The minimum atomic E-state index is -1.28. The molecule has 10 nitrogen and oxygen atoms in total. The van der Waals surface area contributed by atoms with Crippen molar-refractivity contribution in [2.75, 3.05) is 11.4 Å². The van der Waals surface area contributed by atoms with Crippen LogP contribution in [0.2, 0.25) is 0 Å². The number of benzene rings is 2. The maximum Gasteiger partial charge on any atom is 0.412 e. The molecular weight excluding hydrogens is 480 g/mol. The molecule has 0 aliphatic carbocycles. The highest BCUT2D eigenvalue weighted by molar-refractivity contribution is 6.16. The van der Waals surface area contributed by atoms with Gasteiger partial charge in [-0.05, 0) is 35.9 Å². The second-order valence-corrected chi connectivity index (χ2v) is 7.90. The lowest BCUT2D eigenvalue weighted by Gasteiger charge is -2.16. The van der Waals surface area contributed by atoms with Gasteiger partial charge >= 0.3 is 24.0 Å². The zero-order chi connectivity index (χ0) is 26.7. The molecule has 0 radical (unpaired) electrons. The molecule has 0 saturated heterocycles. The standard InChI is InChI=1S/C18H11NO4.C9H9NO4/c20-17(21)14-13-8-4-7-11-9-12(10-5-2-1-3-6-10)16(19(11)13)15(14)18(22)23;11-8(12)6-10(9(13)14)7-4-2-1-3-5-7/h1-9H,(H,20,21)(H,22,23);1-5H,6H2,(H,11,12)(H,13,14). The maximum absolute atomic E-state index is 11.8. The van der Waals surface area contributed by atoms with Gasteiger partial charge in [0.2, 0.25) is 0 Å². The van der Waals surface area contributed by atoms with Gasteiger partial charge in [-0.15, -0.1) is 0 Å². The summed E-state index contributed by atoms with van der Waals surface area (Å²) >= 11 is 0. The lowest BCUT2D eigenvalue weighted by atomic mass is 10.0. The Morgan fingerprint density at radius 2 is 1.30 bits per heavy atom. The number of aromatic nitrogens is 1. The lowest BCUT2D eigenvalue weighted by Crippen LogP contribution is -2.34. The molecule has 0 aliphatic rings. The van der Waals surface area contributed by atoms with Crippen molar-refractivity contribution in [1.29, 1.82) is 0 Å². The smallest absolute Gasteiger partial charge is 0.412 e. The summed E-state index contributed by atoms with van der Waals surface area (Å²) in [4.78, 5) is 45.3. The number of anilines is 1. The zero-order valence-electron chi connectivity index (χ0n) is 19.1. The molecule has 4 N–H and O–H groups in total. The predicted molar refractivity (Wildman–Crippen MR) is 135 cm³/mol. The Bertz CT molecular complexity index is 1610. The van der Waals surface area contributed by atoms with Crippen molar-refractivity contribution in [3.05, 3.63) is 96.1 Å². The molecule has 37 heavy (non-hydrogen) atoms. The van der Waals surface area contributed by atoms with Crippen LogP contribution in [0, 0.1) is 0 Å². The Morgan fingerprint density at radius 3 is 1.84 bits per heavy atom. The zero-order valence-corrected chi connectivity index (χ0v) is 19.1. The van der Waals surface area contributed by atoms with Gasteiger partial charge in [-0.3, -0.25) is 9.69 Å². The van der Waals surface area contributed by atoms with E-state index in [4.69, 9.17) is 10.2 Å². The van der Waals surface area contributed by atoms with Gasteiger partial charge in [0, 0.05) is 16.8 Å². The van der Waals surface area contributed by atoms with Gasteiger partial charge in [0.1, 0.15) is 17.7 Å². The first-order valence-corrected chi connectivity index (χ1v) is 10.9. The third-order valence-electron chi connectivity index (χ3n) is 5.64. The van der Waals surface area contributed by atoms with Crippen molar-refractivity contribution < 1.29 is 39.6 Å². The van der Waals surface area contributed by atoms with E-state index in [0.717, 1.165) is 16.0 Å². The average Bonchev–Trinajstić information content (AvgIpc) is 3.43. The van der Waals surface area contributed by atoms with Crippen molar-refractivity contribution in [3.8, 4) is 11.1 Å². The number of carbonyl (C=O) groups is 4. The third-order valence-corrected chi connectivity index (χ3v) is 5.64. The molecular formula is C27H20N2O8. The summed E-state index contributed by atoms with van der Waals surface area (Å²) in [7, 11) is 0. The van der Waals surface area contributed by atoms with Crippen LogP contribution in [0.1, 0.15) is 20.7 Å². The second kappa shape index (κ2) is 10.1. The molecule has 3 aromatic heterocycles. The Labute approximate surface area is 209 Å². The molecule has 0 bridgehead atoms. The quantitative estimate of drug-likeness (QED) is 0.258. The van der Waals surface area contributed by atoms with Crippen molar-refractivity contribution in [3.63, 3.8) is 0 Å².